The van der Waals surface area contributed by atoms with Gasteiger partial charge in [-0.1, -0.05) is 32.0 Å². The smallest absolute Gasteiger partial charge is 0.129 e. The molecule has 2 unspecified atom stereocenters. The van der Waals surface area contributed by atoms with E-state index in [-0.39, 0.29) is 18.0 Å². The summed E-state index contributed by atoms with van der Waals surface area (Å²) in [7, 11) is 0. The zero-order chi connectivity index (χ0) is 13.7. The number of ether oxygens (including phenoxy) is 2. The number of nitrogens with one attached hydrogen (secondary N) is 1. The van der Waals surface area contributed by atoms with Crippen LogP contribution < -0.4 is 5.32 Å². The Labute approximate surface area is 114 Å². The van der Waals surface area contributed by atoms with Gasteiger partial charge in [0.2, 0.25) is 0 Å². The molecule has 19 heavy (non-hydrogen) atoms. The molecule has 1 heterocycles. The lowest BCUT2D eigenvalue weighted by molar-refractivity contribution is -0.0187. The minimum atomic E-state index is -0.268. The number of hydrogen-bond donors (Lipinski definition) is 1. The summed E-state index contributed by atoms with van der Waals surface area (Å²) in [6.45, 7) is 6.07. The van der Waals surface area contributed by atoms with Gasteiger partial charge in [-0.25, -0.2) is 4.39 Å². The van der Waals surface area contributed by atoms with Gasteiger partial charge in [-0.3, -0.25) is 0 Å². The molecular formula is C15H22FNO2. The van der Waals surface area contributed by atoms with Crippen molar-refractivity contribution in [2.24, 2.45) is 0 Å². The summed E-state index contributed by atoms with van der Waals surface area (Å²) in [6, 6.07) is 7.15. The van der Waals surface area contributed by atoms with Gasteiger partial charge in [-0.05, 0) is 12.5 Å². The maximum Gasteiger partial charge on any atom is 0.129 e. The Morgan fingerprint density at radius 3 is 2.84 bits per heavy atom. The van der Waals surface area contributed by atoms with Gasteiger partial charge in [0.25, 0.3) is 0 Å². The third-order valence-electron chi connectivity index (χ3n) is 3.21. The number of halogens is 1. The summed E-state index contributed by atoms with van der Waals surface area (Å²) in [5, 5.41) is 3.31. The molecule has 2 atom stereocenters. The van der Waals surface area contributed by atoms with Gasteiger partial charge in [-0.2, -0.15) is 0 Å². The van der Waals surface area contributed by atoms with Gasteiger partial charge in [0.15, 0.2) is 0 Å². The monoisotopic (exact) mass is 267 g/mol. The molecule has 1 N–H and O–H groups in total. The molecule has 0 aromatic heterocycles. The van der Waals surface area contributed by atoms with Gasteiger partial charge in [0.1, 0.15) is 5.82 Å². The van der Waals surface area contributed by atoms with Crippen molar-refractivity contribution >= 4 is 0 Å². The van der Waals surface area contributed by atoms with Crippen LogP contribution in [0, 0.1) is 5.82 Å². The lowest BCUT2D eigenvalue weighted by Crippen LogP contribution is -2.31. The van der Waals surface area contributed by atoms with Crippen molar-refractivity contribution in [2.75, 3.05) is 19.8 Å². The van der Waals surface area contributed by atoms with Crippen LogP contribution in [0.25, 0.3) is 0 Å². The zero-order valence-electron chi connectivity index (χ0n) is 11.6. The first-order valence-corrected chi connectivity index (χ1v) is 6.88. The quantitative estimate of drug-likeness (QED) is 0.859. The molecule has 106 valence electrons. The van der Waals surface area contributed by atoms with E-state index >= 15 is 0 Å². The largest absolute Gasteiger partial charge is 0.379 e. The maximum atomic E-state index is 13.9. The van der Waals surface area contributed by atoms with E-state index in [4.69, 9.17) is 9.47 Å². The molecule has 1 aromatic rings. The predicted octanol–water partition coefficient (Wildman–Crippen LogP) is 2.67. The van der Waals surface area contributed by atoms with Crippen LogP contribution in [-0.4, -0.2) is 31.9 Å². The molecule has 0 saturated carbocycles. The van der Waals surface area contributed by atoms with E-state index in [0.717, 1.165) is 13.0 Å². The molecule has 0 spiro atoms. The maximum absolute atomic E-state index is 13.9. The Hall–Kier alpha value is -0.970. The lowest BCUT2D eigenvalue weighted by atomic mass is 10.1. The molecule has 1 saturated heterocycles. The summed E-state index contributed by atoms with van der Waals surface area (Å²) in [4.78, 5) is 0. The third kappa shape index (κ3) is 4.27. The van der Waals surface area contributed by atoms with Crippen LogP contribution in [0.4, 0.5) is 4.39 Å². The van der Waals surface area contributed by atoms with Gasteiger partial charge >= 0.3 is 0 Å². The van der Waals surface area contributed by atoms with E-state index in [9.17, 15) is 4.39 Å². The van der Waals surface area contributed by atoms with Crippen molar-refractivity contribution in [2.45, 2.75) is 38.5 Å². The van der Waals surface area contributed by atoms with E-state index in [1.807, 2.05) is 6.07 Å². The molecule has 0 bridgehead atoms. The summed E-state index contributed by atoms with van der Waals surface area (Å²) in [5.74, 6) is -0.211. The number of hydrogen-bond acceptors (Lipinski definition) is 3. The normalized spacial score (nSPS) is 20.9. The standard InChI is InChI=1S/C15H22FNO2/c1-11(2)17-9-15(19-12-7-8-18-10-12)13-5-3-4-6-14(13)16/h3-6,11-12,15,17H,7-10H2,1-2H3. The Morgan fingerprint density at radius 1 is 1.42 bits per heavy atom. The topological polar surface area (TPSA) is 30.5 Å². The molecule has 0 radical (unpaired) electrons. The summed E-state index contributed by atoms with van der Waals surface area (Å²) in [6.07, 6.45) is 0.681. The van der Waals surface area contributed by atoms with Crippen LogP contribution in [0.15, 0.2) is 24.3 Å². The molecule has 0 aliphatic carbocycles. The lowest BCUT2D eigenvalue weighted by Gasteiger charge is -2.23. The first-order valence-electron chi connectivity index (χ1n) is 6.88. The van der Waals surface area contributed by atoms with Crippen LogP contribution in [0.3, 0.4) is 0 Å². The highest BCUT2D eigenvalue weighted by molar-refractivity contribution is 5.20. The minimum Gasteiger partial charge on any atom is -0.379 e. The molecule has 1 aliphatic heterocycles. The summed E-state index contributed by atoms with van der Waals surface area (Å²) >= 11 is 0. The molecule has 2 rings (SSSR count). The fraction of sp³-hybridized carbons (Fsp3) is 0.600. The zero-order valence-corrected chi connectivity index (χ0v) is 11.6. The van der Waals surface area contributed by atoms with Crippen LogP contribution >= 0.6 is 0 Å². The van der Waals surface area contributed by atoms with Gasteiger partial charge < -0.3 is 14.8 Å². The highest BCUT2D eigenvalue weighted by atomic mass is 19.1. The Balaban J connectivity index is 2.06. The molecule has 1 fully saturated rings. The van der Waals surface area contributed by atoms with Crippen LogP contribution in [0.1, 0.15) is 31.9 Å². The van der Waals surface area contributed by atoms with E-state index in [1.165, 1.54) is 6.07 Å². The molecule has 1 aliphatic rings. The van der Waals surface area contributed by atoms with Gasteiger partial charge in [-0.15, -0.1) is 0 Å². The van der Waals surface area contributed by atoms with Crippen LogP contribution in [0.5, 0.6) is 0 Å². The number of rotatable bonds is 6. The predicted molar refractivity (Wildman–Crippen MR) is 72.6 cm³/mol. The Kier molecular flexibility index (Phi) is 5.31. The third-order valence-corrected chi connectivity index (χ3v) is 3.21. The Morgan fingerprint density at radius 2 is 2.21 bits per heavy atom. The van der Waals surface area contributed by atoms with Crippen molar-refractivity contribution in [3.05, 3.63) is 35.6 Å². The Bertz CT molecular complexity index is 391. The second-order valence-corrected chi connectivity index (χ2v) is 5.19. The fourth-order valence-electron chi connectivity index (χ4n) is 2.16. The average Bonchev–Trinajstić information content (AvgIpc) is 2.88. The highest BCUT2D eigenvalue weighted by Crippen LogP contribution is 2.24. The van der Waals surface area contributed by atoms with Crippen LogP contribution in [-0.2, 0) is 9.47 Å². The fourth-order valence-corrected chi connectivity index (χ4v) is 2.16. The van der Waals surface area contributed by atoms with E-state index in [1.54, 1.807) is 12.1 Å². The van der Waals surface area contributed by atoms with Gasteiger partial charge in [0.05, 0.1) is 18.8 Å². The van der Waals surface area contributed by atoms with Gasteiger partial charge in [0, 0.05) is 24.8 Å². The van der Waals surface area contributed by atoms with E-state index in [2.05, 4.69) is 19.2 Å². The van der Waals surface area contributed by atoms with Crippen molar-refractivity contribution in [3.8, 4) is 0 Å². The van der Waals surface area contributed by atoms with Crippen molar-refractivity contribution in [3.63, 3.8) is 0 Å². The van der Waals surface area contributed by atoms with E-state index in [0.29, 0.717) is 24.8 Å². The summed E-state index contributed by atoms with van der Waals surface area (Å²) < 4.78 is 25.2. The molecule has 3 nitrogen and oxygen atoms in total. The summed E-state index contributed by atoms with van der Waals surface area (Å²) in [5.41, 5.74) is 0.613. The van der Waals surface area contributed by atoms with Crippen LogP contribution in [0.2, 0.25) is 0 Å². The number of benzene rings is 1. The van der Waals surface area contributed by atoms with Crippen molar-refractivity contribution in [1.29, 1.82) is 0 Å². The molecule has 1 aromatic carbocycles. The second kappa shape index (κ2) is 6.98. The highest BCUT2D eigenvalue weighted by Gasteiger charge is 2.24. The molecular weight excluding hydrogens is 245 g/mol. The SMILES string of the molecule is CC(C)NCC(OC1CCOC1)c1ccccc1F. The van der Waals surface area contributed by atoms with Crippen molar-refractivity contribution < 1.29 is 13.9 Å². The molecule has 4 heteroatoms. The minimum absolute atomic E-state index is 0.0681. The first kappa shape index (κ1) is 14.4. The first-order chi connectivity index (χ1) is 9.16. The van der Waals surface area contributed by atoms with Crippen molar-refractivity contribution in [1.82, 2.24) is 5.32 Å². The van der Waals surface area contributed by atoms with E-state index < -0.39 is 0 Å². The average molecular weight is 267 g/mol. The second-order valence-electron chi connectivity index (χ2n) is 5.19. The molecule has 0 amide bonds.